The first-order valence-corrected chi connectivity index (χ1v) is 9.55. The summed E-state index contributed by atoms with van der Waals surface area (Å²) in [6, 6.07) is 6.03. The topological polar surface area (TPSA) is 58.6 Å². The molecule has 0 saturated carbocycles. The van der Waals surface area contributed by atoms with Gasteiger partial charge in [-0.25, -0.2) is 12.7 Å². The van der Waals surface area contributed by atoms with E-state index in [4.69, 9.17) is 16.3 Å². The molecule has 0 aromatic heterocycles. The van der Waals surface area contributed by atoms with Gasteiger partial charge >= 0.3 is 0 Å². The van der Waals surface area contributed by atoms with E-state index in [1.807, 2.05) is 18.2 Å². The highest BCUT2D eigenvalue weighted by Gasteiger charge is 2.29. The molecule has 0 spiro atoms. The lowest BCUT2D eigenvalue weighted by atomic mass is 9.95. The lowest BCUT2D eigenvalue weighted by molar-refractivity contribution is 0.220. The van der Waals surface area contributed by atoms with E-state index in [1.165, 1.54) is 6.26 Å². The Kier molecular flexibility index (Phi) is 5.71. The van der Waals surface area contributed by atoms with Crippen molar-refractivity contribution in [1.29, 1.82) is 0 Å². The number of nitrogens with one attached hydrogen (secondary N) is 1. The lowest BCUT2D eigenvalue weighted by Crippen LogP contribution is -2.49. The highest BCUT2D eigenvalue weighted by atomic mass is 35.5. The number of piperidine rings is 1. The van der Waals surface area contributed by atoms with Crippen LogP contribution in [0.1, 0.15) is 18.9 Å². The maximum absolute atomic E-state index is 11.6. The fourth-order valence-corrected chi connectivity index (χ4v) is 4.00. The van der Waals surface area contributed by atoms with Crippen LogP contribution in [0.25, 0.3) is 0 Å². The second-order valence-electron chi connectivity index (χ2n) is 5.84. The second kappa shape index (κ2) is 7.17. The number of hydrogen-bond donors (Lipinski definition) is 1. The van der Waals surface area contributed by atoms with Crippen LogP contribution in [0, 0.1) is 5.92 Å². The minimum Gasteiger partial charge on any atom is -0.495 e. The van der Waals surface area contributed by atoms with Crippen molar-refractivity contribution in [2.75, 3.05) is 26.5 Å². The molecule has 7 heteroatoms. The minimum atomic E-state index is -3.09. The molecule has 0 radical (unpaired) electrons. The van der Waals surface area contributed by atoms with Crippen molar-refractivity contribution < 1.29 is 13.2 Å². The molecule has 2 rings (SSSR count). The zero-order chi connectivity index (χ0) is 16.3. The fourth-order valence-electron chi connectivity index (χ4n) is 2.78. The number of rotatable bonds is 5. The first-order chi connectivity index (χ1) is 10.3. The van der Waals surface area contributed by atoms with Crippen LogP contribution in [0.4, 0.5) is 0 Å². The molecule has 1 aliphatic rings. The van der Waals surface area contributed by atoms with Crippen LogP contribution in [0.5, 0.6) is 5.75 Å². The third-order valence-electron chi connectivity index (χ3n) is 4.12. The van der Waals surface area contributed by atoms with Gasteiger partial charge in [-0.05, 0) is 30.0 Å². The Hall–Kier alpha value is -0.820. The van der Waals surface area contributed by atoms with Gasteiger partial charge in [0.2, 0.25) is 10.0 Å². The van der Waals surface area contributed by atoms with Gasteiger partial charge in [0.15, 0.2) is 0 Å². The number of halogens is 1. The van der Waals surface area contributed by atoms with Crippen LogP contribution in [0.15, 0.2) is 18.2 Å². The highest BCUT2D eigenvalue weighted by molar-refractivity contribution is 7.88. The van der Waals surface area contributed by atoms with Gasteiger partial charge in [0, 0.05) is 25.7 Å². The van der Waals surface area contributed by atoms with Crippen LogP contribution in [-0.4, -0.2) is 45.2 Å². The summed E-state index contributed by atoms with van der Waals surface area (Å²) in [5.74, 6) is 0.942. The van der Waals surface area contributed by atoms with E-state index in [0.717, 1.165) is 12.0 Å². The molecule has 1 saturated heterocycles. The summed E-state index contributed by atoms with van der Waals surface area (Å²) >= 11 is 6.12. The molecule has 1 fully saturated rings. The number of sulfonamides is 1. The predicted octanol–water partition coefficient (Wildman–Crippen LogP) is 2.11. The minimum absolute atomic E-state index is 0.275. The van der Waals surface area contributed by atoms with Crippen molar-refractivity contribution in [3.63, 3.8) is 0 Å². The molecule has 2 atom stereocenters. The van der Waals surface area contributed by atoms with Crippen LogP contribution in [0.3, 0.4) is 0 Å². The second-order valence-corrected chi connectivity index (χ2v) is 8.23. The Labute approximate surface area is 137 Å². The molecule has 0 aliphatic carbocycles. The highest BCUT2D eigenvalue weighted by Crippen LogP contribution is 2.25. The third-order valence-corrected chi connectivity index (χ3v) is 5.69. The van der Waals surface area contributed by atoms with Gasteiger partial charge in [-0.3, -0.25) is 0 Å². The summed E-state index contributed by atoms with van der Waals surface area (Å²) in [5, 5.41) is 4.10. The van der Waals surface area contributed by atoms with Gasteiger partial charge in [0.05, 0.1) is 18.4 Å². The molecular weight excluding hydrogens is 324 g/mol. The number of ether oxygens (including phenoxy) is 1. The average molecular weight is 347 g/mol. The van der Waals surface area contributed by atoms with E-state index in [9.17, 15) is 8.42 Å². The molecule has 5 nitrogen and oxygen atoms in total. The molecule has 1 heterocycles. The molecule has 0 amide bonds. The summed E-state index contributed by atoms with van der Waals surface area (Å²) in [6.07, 6.45) is 2.09. The average Bonchev–Trinajstić information content (AvgIpc) is 2.45. The lowest BCUT2D eigenvalue weighted by Gasteiger charge is -2.36. The summed E-state index contributed by atoms with van der Waals surface area (Å²) in [6.45, 7) is 3.93. The zero-order valence-electron chi connectivity index (χ0n) is 13.2. The Morgan fingerprint density at radius 1 is 1.45 bits per heavy atom. The summed E-state index contributed by atoms with van der Waals surface area (Å²) < 4.78 is 29.9. The maximum atomic E-state index is 11.6. The van der Waals surface area contributed by atoms with Crippen molar-refractivity contribution in [3.8, 4) is 5.75 Å². The van der Waals surface area contributed by atoms with E-state index >= 15 is 0 Å². The van der Waals surface area contributed by atoms with E-state index in [1.54, 1.807) is 11.4 Å². The summed E-state index contributed by atoms with van der Waals surface area (Å²) in [7, 11) is -1.49. The number of nitrogens with zero attached hydrogens (tertiary/aromatic N) is 1. The van der Waals surface area contributed by atoms with Crippen LogP contribution < -0.4 is 10.1 Å². The molecule has 1 N–H and O–H groups in total. The zero-order valence-corrected chi connectivity index (χ0v) is 14.7. The standard InChI is InChI=1S/C15H23ClN2O3S/c1-11-10-18(22(3,19)20)7-6-14(11)17-9-12-4-5-15(21-2)13(16)8-12/h4-5,8,11,14,17H,6-7,9-10H2,1-3H3/t11-,14+/m1/s1. The maximum Gasteiger partial charge on any atom is 0.211 e. The van der Waals surface area contributed by atoms with Crippen molar-refractivity contribution in [3.05, 3.63) is 28.8 Å². The Bertz CT molecular complexity index is 621. The van der Waals surface area contributed by atoms with E-state index in [2.05, 4.69) is 12.2 Å². The first-order valence-electron chi connectivity index (χ1n) is 7.32. The predicted molar refractivity (Wildman–Crippen MR) is 88.8 cm³/mol. The van der Waals surface area contributed by atoms with Gasteiger partial charge in [0.25, 0.3) is 0 Å². The molecule has 1 aromatic rings. The van der Waals surface area contributed by atoms with Crippen molar-refractivity contribution in [2.45, 2.75) is 25.9 Å². The molecule has 22 heavy (non-hydrogen) atoms. The van der Waals surface area contributed by atoms with E-state index in [-0.39, 0.29) is 5.92 Å². The van der Waals surface area contributed by atoms with Gasteiger partial charge in [-0.2, -0.15) is 0 Å². The fraction of sp³-hybridized carbons (Fsp3) is 0.600. The third kappa shape index (κ3) is 4.35. The number of methoxy groups -OCH3 is 1. The normalized spacial score (nSPS) is 23.5. The number of hydrogen-bond acceptors (Lipinski definition) is 4. The number of benzene rings is 1. The van der Waals surface area contributed by atoms with Crippen molar-refractivity contribution in [2.24, 2.45) is 5.92 Å². The van der Waals surface area contributed by atoms with Crippen LogP contribution >= 0.6 is 11.6 Å². The molecule has 124 valence electrons. The molecular formula is C15H23ClN2O3S. The summed E-state index contributed by atoms with van der Waals surface area (Å²) in [4.78, 5) is 0. The summed E-state index contributed by atoms with van der Waals surface area (Å²) in [5.41, 5.74) is 1.09. The Balaban J connectivity index is 1.91. The SMILES string of the molecule is COc1ccc(CN[C@H]2CCN(S(C)(=O)=O)C[C@H]2C)cc1Cl. The van der Waals surface area contributed by atoms with Gasteiger partial charge in [-0.15, -0.1) is 0 Å². The van der Waals surface area contributed by atoms with Crippen LogP contribution in [0.2, 0.25) is 5.02 Å². The Morgan fingerprint density at radius 2 is 2.18 bits per heavy atom. The molecule has 0 unspecified atom stereocenters. The van der Waals surface area contributed by atoms with E-state index < -0.39 is 10.0 Å². The van der Waals surface area contributed by atoms with Crippen molar-refractivity contribution in [1.82, 2.24) is 9.62 Å². The van der Waals surface area contributed by atoms with E-state index in [0.29, 0.717) is 36.4 Å². The quantitative estimate of drug-likeness (QED) is 0.887. The molecule has 1 aliphatic heterocycles. The van der Waals surface area contributed by atoms with Gasteiger partial charge in [-0.1, -0.05) is 24.6 Å². The van der Waals surface area contributed by atoms with Gasteiger partial charge in [0.1, 0.15) is 5.75 Å². The molecule has 0 bridgehead atoms. The van der Waals surface area contributed by atoms with Crippen LogP contribution in [-0.2, 0) is 16.6 Å². The largest absolute Gasteiger partial charge is 0.495 e. The van der Waals surface area contributed by atoms with Crippen molar-refractivity contribution >= 4 is 21.6 Å². The molecule has 1 aromatic carbocycles. The van der Waals surface area contributed by atoms with Gasteiger partial charge < -0.3 is 10.1 Å². The first kappa shape index (κ1) is 17.5. The Morgan fingerprint density at radius 3 is 2.73 bits per heavy atom. The monoisotopic (exact) mass is 346 g/mol. The smallest absolute Gasteiger partial charge is 0.211 e.